The lowest BCUT2D eigenvalue weighted by atomic mass is 10.0. The van der Waals surface area contributed by atoms with Crippen LogP contribution >= 0.6 is 0 Å². The summed E-state index contributed by atoms with van der Waals surface area (Å²) in [5.74, 6) is 1.23. The maximum atomic E-state index is 12.2. The Balaban J connectivity index is 2.37. The smallest absolute Gasteiger partial charge is 0.250 e. The summed E-state index contributed by atoms with van der Waals surface area (Å²) >= 11 is 0. The van der Waals surface area contributed by atoms with Crippen molar-refractivity contribution in [3.05, 3.63) is 58.7 Å². The second-order valence-electron chi connectivity index (χ2n) is 8.70. The highest BCUT2D eigenvalue weighted by molar-refractivity contribution is 6.74. The van der Waals surface area contributed by atoms with Crippen molar-refractivity contribution in [3.8, 4) is 11.5 Å². The van der Waals surface area contributed by atoms with E-state index >= 15 is 0 Å². The van der Waals surface area contributed by atoms with E-state index in [1.807, 2.05) is 44.2 Å². The average Bonchev–Trinajstić information content (AvgIpc) is 2.59. The van der Waals surface area contributed by atoms with Crippen molar-refractivity contribution in [2.75, 3.05) is 0 Å². The summed E-state index contributed by atoms with van der Waals surface area (Å²) < 4.78 is 12.5. The minimum absolute atomic E-state index is 0.0748. The first-order valence-electron chi connectivity index (χ1n) is 9.52. The number of Topliss-reactive ketones (excluding diaryl/α,β-unsaturated/α-hetero) is 1. The van der Waals surface area contributed by atoms with Gasteiger partial charge in [-0.3, -0.25) is 4.79 Å². The molecule has 2 aromatic carbocycles. The van der Waals surface area contributed by atoms with E-state index in [-0.39, 0.29) is 17.4 Å². The van der Waals surface area contributed by atoms with Gasteiger partial charge in [-0.05, 0) is 61.3 Å². The molecule has 0 atom stereocenters. The first-order valence-corrected chi connectivity index (χ1v) is 12.4. The Morgan fingerprint density at radius 2 is 1.71 bits per heavy atom. The van der Waals surface area contributed by atoms with Crippen LogP contribution in [0.25, 0.3) is 0 Å². The number of benzene rings is 2. The van der Waals surface area contributed by atoms with Gasteiger partial charge in [0, 0.05) is 11.1 Å². The number of rotatable bonds is 7. The Morgan fingerprint density at radius 3 is 2.25 bits per heavy atom. The van der Waals surface area contributed by atoms with Crippen molar-refractivity contribution >= 4 is 20.3 Å². The lowest BCUT2D eigenvalue weighted by Gasteiger charge is -2.36. The maximum Gasteiger partial charge on any atom is 0.250 e. The van der Waals surface area contributed by atoms with Crippen LogP contribution in [0.2, 0.25) is 18.1 Å². The summed E-state index contributed by atoms with van der Waals surface area (Å²) in [6, 6.07) is 11.4. The number of hydrogen-bond donors (Lipinski definition) is 1. The van der Waals surface area contributed by atoms with E-state index in [9.17, 15) is 4.79 Å². The summed E-state index contributed by atoms with van der Waals surface area (Å²) in [5, 5.41) is 7.42. The Morgan fingerprint density at radius 1 is 1.11 bits per heavy atom. The number of carbonyl (C=O) groups excluding carboxylic acids is 1. The molecule has 0 aliphatic heterocycles. The van der Waals surface area contributed by atoms with Crippen LogP contribution in [0.4, 0.5) is 0 Å². The highest BCUT2D eigenvalue weighted by Gasteiger charge is 2.39. The van der Waals surface area contributed by atoms with Crippen molar-refractivity contribution in [2.24, 2.45) is 0 Å². The molecule has 0 heterocycles. The predicted octanol–water partition coefficient (Wildman–Crippen LogP) is 6.10. The lowest BCUT2D eigenvalue weighted by Crippen LogP contribution is -2.43. The highest BCUT2D eigenvalue weighted by Crippen LogP contribution is 2.37. The molecule has 0 bridgehead atoms. The van der Waals surface area contributed by atoms with Gasteiger partial charge in [0.2, 0.25) is 14.1 Å². The van der Waals surface area contributed by atoms with E-state index in [0.717, 1.165) is 34.4 Å². The third-order valence-corrected chi connectivity index (χ3v) is 9.79. The molecular weight excluding hydrogens is 366 g/mol. The molecule has 0 fully saturated rings. The molecule has 0 saturated heterocycles. The second kappa shape index (κ2) is 8.31. The first-order chi connectivity index (χ1) is 13.0. The topological polar surface area (TPSA) is 59.4 Å². The van der Waals surface area contributed by atoms with E-state index in [2.05, 4.69) is 33.9 Å². The Labute approximate surface area is 169 Å². The molecule has 0 amide bonds. The monoisotopic (exact) mass is 397 g/mol. The lowest BCUT2D eigenvalue weighted by molar-refractivity contribution is 0.106. The molecule has 2 aromatic rings. The number of aryl methyl sites for hydroxylation is 2. The van der Waals surface area contributed by atoms with Gasteiger partial charge in [-0.2, -0.15) is 0 Å². The molecule has 0 unspecified atom stereocenters. The summed E-state index contributed by atoms with van der Waals surface area (Å²) in [4.78, 5) is 12.2. The van der Waals surface area contributed by atoms with Crippen LogP contribution in [0.3, 0.4) is 0 Å². The van der Waals surface area contributed by atoms with Gasteiger partial charge < -0.3 is 14.6 Å². The fraction of sp³-hybridized carbons (Fsp3) is 0.391. The zero-order valence-electron chi connectivity index (χ0n) is 18.0. The predicted molar refractivity (Wildman–Crippen MR) is 118 cm³/mol. The Kier molecular flexibility index (Phi) is 6.50. The van der Waals surface area contributed by atoms with Gasteiger partial charge in [-0.1, -0.05) is 39.0 Å². The zero-order valence-corrected chi connectivity index (χ0v) is 19.0. The van der Waals surface area contributed by atoms with Gasteiger partial charge >= 0.3 is 0 Å². The number of carbonyl (C=O) groups is 1. The normalized spacial score (nSPS) is 11.8. The van der Waals surface area contributed by atoms with Crippen molar-refractivity contribution in [3.63, 3.8) is 0 Å². The van der Waals surface area contributed by atoms with Crippen molar-refractivity contribution in [1.82, 2.24) is 0 Å². The molecule has 1 N–H and O–H groups in total. The highest BCUT2D eigenvalue weighted by atomic mass is 28.4. The summed E-state index contributed by atoms with van der Waals surface area (Å²) in [5.41, 5.74) is 3.30. The number of para-hydroxylation sites is 1. The molecule has 5 heteroatoms. The van der Waals surface area contributed by atoms with Crippen molar-refractivity contribution in [1.29, 1.82) is 5.41 Å². The van der Waals surface area contributed by atoms with Gasteiger partial charge in [-0.15, -0.1) is 0 Å². The summed E-state index contributed by atoms with van der Waals surface area (Å²) in [6.07, 6.45) is 0.840. The van der Waals surface area contributed by atoms with Crippen LogP contribution in [-0.4, -0.2) is 20.3 Å². The summed E-state index contributed by atoms with van der Waals surface area (Å²) in [6.45, 7) is 15.2. The molecule has 0 radical (unpaired) electrons. The third-order valence-electron chi connectivity index (χ3n) is 5.43. The number of nitrogens with one attached hydrogen (secondary N) is 1. The fourth-order valence-electron chi connectivity index (χ4n) is 2.70. The Bertz CT molecular complexity index is 862. The average molecular weight is 398 g/mol. The van der Waals surface area contributed by atoms with Gasteiger partial charge in [0.25, 0.3) is 0 Å². The quantitative estimate of drug-likeness (QED) is 0.349. The first kappa shape index (κ1) is 21.9. The Hall–Kier alpha value is -2.40. The van der Waals surface area contributed by atoms with Gasteiger partial charge in [-0.25, -0.2) is 0 Å². The second-order valence-corrected chi connectivity index (χ2v) is 13.4. The number of ketones is 1. The fourth-order valence-corrected chi connectivity index (χ4v) is 3.72. The van der Waals surface area contributed by atoms with E-state index in [1.165, 1.54) is 0 Å². The molecule has 0 aromatic heterocycles. The summed E-state index contributed by atoms with van der Waals surface area (Å²) in [7, 11) is -2.00. The molecule has 2 rings (SSSR count). The minimum Gasteiger partial charge on any atom is -0.543 e. The van der Waals surface area contributed by atoms with E-state index in [1.54, 1.807) is 6.07 Å². The van der Waals surface area contributed by atoms with E-state index in [4.69, 9.17) is 14.6 Å². The molecule has 150 valence electrons. The van der Waals surface area contributed by atoms with Gasteiger partial charge in [0.1, 0.15) is 18.1 Å². The standard InChI is InChI=1S/C23H31NO3Si/c1-16-9-8-10-17(2)22(16)26-15-18-13-19(11-12-20(18)21(25)14-24)27-28(6,7)23(3,4)5/h8-14,24H,15H2,1-7H3. The SMILES string of the molecule is Cc1cccc(C)c1OCc1cc(O[Si](C)(C)C(C)(C)C)ccc1C(=O)C=N. The van der Waals surface area contributed by atoms with Crippen LogP contribution in [0.5, 0.6) is 11.5 Å². The minimum atomic E-state index is -2.00. The molecule has 0 aliphatic rings. The van der Waals surface area contributed by atoms with Gasteiger partial charge in [0.05, 0.1) is 6.21 Å². The molecular formula is C23H31NO3Si. The number of ether oxygens (including phenoxy) is 1. The van der Waals surface area contributed by atoms with Crippen LogP contribution in [0, 0.1) is 19.3 Å². The van der Waals surface area contributed by atoms with Crippen LogP contribution in [0.1, 0.15) is 47.8 Å². The molecule has 0 aliphatic carbocycles. The number of hydrogen-bond acceptors (Lipinski definition) is 4. The van der Waals surface area contributed by atoms with Gasteiger partial charge in [0.15, 0.2) is 0 Å². The third kappa shape index (κ3) is 4.90. The van der Waals surface area contributed by atoms with E-state index in [0.29, 0.717) is 5.56 Å². The van der Waals surface area contributed by atoms with Crippen LogP contribution < -0.4 is 9.16 Å². The van der Waals surface area contributed by atoms with Crippen LogP contribution in [0.15, 0.2) is 36.4 Å². The van der Waals surface area contributed by atoms with Crippen molar-refractivity contribution in [2.45, 2.75) is 59.4 Å². The zero-order chi connectivity index (χ0) is 21.1. The molecule has 0 spiro atoms. The largest absolute Gasteiger partial charge is 0.543 e. The molecule has 4 nitrogen and oxygen atoms in total. The molecule has 28 heavy (non-hydrogen) atoms. The van der Waals surface area contributed by atoms with Crippen molar-refractivity contribution < 1.29 is 14.0 Å². The maximum absolute atomic E-state index is 12.2. The molecule has 0 saturated carbocycles. The van der Waals surface area contributed by atoms with Crippen LogP contribution in [-0.2, 0) is 6.61 Å². The van der Waals surface area contributed by atoms with E-state index < -0.39 is 8.32 Å².